The van der Waals surface area contributed by atoms with Crippen molar-refractivity contribution in [2.75, 3.05) is 13.1 Å². The first-order valence-electron chi connectivity index (χ1n) is 5.93. The molecule has 1 heterocycles. The third-order valence-corrected chi connectivity index (χ3v) is 3.37. The number of carboxylic acids is 1. The SMILES string of the molecule is CC1CN(C(=O)c2cc(O)cc(O)c2)CC1C(=O)O. The number of likely N-dealkylation sites (tertiary alicyclic amines) is 1. The molecule has 1 aliphatic heterocycles. The van der Waals surface area contributed by atoms with E-state index in [-0.39, 0.29) is 35.4 Å². The Kier molecular flexibility index (Phi) is 3.33. The summed E-state index contributed by atoms with van der Waals surface area (Å²) in [5.74, 6) is -2.40. The second-order valence-electron chi connectivity index (χ2n) is 4.87. The van der Waals surface area contributed by atoms with Gasteiger partial charge in [0.15, 0.2) is 0 Å². The van der Waals surface area contributed by atoms with Crippen LogP contribution in [-0.2, 0) is 4.79 Å². The van der Waals surface area contributed by atoms with E-state index in [9.17, 15) is 19.8 Å². The van der Waals surface area contributed by atoms with Crippen LogP contribution in [0.2, 0.25) is 0 Å². The van der Waals surface area contributed by atoms with Gasteiger partial charge in [-0.3, -0.25) is 9.59 Å². The summed E-state index contributed by atoms with van der Waals surface area (Å²) in [5.41, 5.74) is 0.149. The first-order chi connectivity index (χ1) is 8.88. The van der Waals surface area contributed by atoms with Crippen LogP contribution in [0.1, 0.15) is 17.3 Å². The Hall–Kier alpha value is -2.24. The highest BCUT2D eigenvalue weighted by Gasteiger charge is 2.37. The van der Waals surface area contributed by atoms with Gasteiger partial charge in [-0.1, -0.05) is 6.92 Å². The highest BCUT2D eigenvalue weighted by atomic mass is 16.4. The van der Waals surface area contributed by atoms with Crippen molar-refractivity contribution < 1.29 is 24.9 Å². The first-order valence-corrected chi connectivity index (χ1v) is 5.93. The lowest BCUT2D eigenvalue weighted by molar-refractivity contribution is -0.142. The summed E-state index contributed by atoms with van der Waals surface area (Å²) in [6.45, 7) is 2.28. The van der Waals surface area contributed by atoms with Crippen molar-refractivity contribution in [3.63, 3.8) is 0 Å². The van der Waals surface area contributed by atoms with E-state index in [2.05, 4.69) is 0 Å². The number of carboxylic acid groups (broad SMARTS) is 1. The number of phenolic OH excluding ortho intramolecular Hbond substituents is 2. The van der Waals surface area contributed by atoms with Gasteiger partial charge >= 0.3 is 5.97 Å². The van der Waals surface area contributed by atoms with Gasteiger partial charge in [-0.25, -0.2) is 0 Å². The molecule has 0 aromatic heterocycles. The van der Waals surface area contributed by atoms with Crippen molar-refractivity contribution in [3.8, 4) is 11.5 Å². The van der Waals surface area contributed by atoms with E-state index in [4.69, 9.17) is 5.11 Å². The van der Waals surface area contributed by atoms with Crippen LogP contribution in [0.5, 0.6) is 11.5 Å². The standard InChI is InChI=1S/C13H15NO5/c1-7-5-14(6-11(7)13(18)19)12(17)8-2-9(15)4-10(16)3-8/h2-4,7,11,15-16H,5-6H2,1H3,(H,18,19). The van der Waals surface area contributed by atoms with Gasteiger partial charge in [0.05, 0.1) is 5.92 Å². The quantitative estimate of drug-likeness (QED) is 0.737. The van der Waals surface area contributed by atoms with Crippen molar-refractivity contribution in [2.24, 2.45) is 11.8 Å². The van der Waals surface area contributed by atoms with E-state index in [1.54, 1.807) is 6.92 Å². The molecule has 0 saturated carbocycles. The molecule has 6 heteroatoms. The van der Waals surface area contributed by atoms with Crippen molar-refractivity contribution in [2.45, 2.75) is 6.92 Å². The molecule has 2 atom stereocenters. The molecule has 6 nitrogen and oxygen atoms in total. The van der Waals surface area contributed by atoms with Crippen LogP contribution in [0.15, 0.2) is 18.2 Å². The average molecular weight is 265 g/mol. The minimum atomic E-state index is -0.915. The zero-order valence-corrected chi connectivity index (χ0v) is 10.4. The third-order valence-electron chi connectivity index (χ3n) is 3.37. The number of aliphatic carboxylic acids is 1. The molecule has 1 fully saturated rings. The van der Waals surface area contributed by atoms with Crippen LogP contribution in [0.4, 0.5) is 0 Å². The largest absolute Gasteiger partial charge is 0.508 e. The van der Waals surface area contributed by atoms with Gasteiger partial charge in [-0.05, 0) is 18.1 Å². The molecule has 3 N–H and O–H groups in total. The zero-order chi connectivity index (χ0) is 14.2. The second-order valence-corrected chi connectivity index (χ2v) is 4.87. The van der Waals surface area contributed by atoms with Crippen LogP contribution in [0, 0.1) is 11.8 Å². The molecule has 102 valence electrons. The summed E-state index contributed by atoms with van der Waals surface area (Å²) in [6, 6.07) is 3.63. The van der Waals surface area contributed by atoms with Crippen LogP contribution < -0.4 is 0 Å². The van der Waals surface area contributed by atoms with Gasteiger partial charge in [-0.15, -0.1) is 0 Å². The van der Waals surface area contributed by atoms with Crippen molar-refractivity contribution in [3.05, 3.63) is 23.8 Å². The number of hydrogen-bond acceptors (Lipinski definition) is 4. The van der Waals surface area contributed by atoms with Crippen molar-refractivity contribution in [1.82, 2.24) is 4.90 Å². The fourth-order valence-electron chi connectivity index (χ4n) is 2.36. The average Bonchev–Trinajstić information content (AvgIpc) is 2.69. The van der Waals surface area contributed by atoms with Gasteiger partial charge in [-0.2, -0.15) is 0 Å². The summed E-state index contributed by atoms with van der Waals surface area (Å²) in [6.07, 6.45) is 0. The molecule has 1 amide bonds. The molecule has 1 aromatic carbocycles. The Balaban J connectivity index is 2.19. The minimum Gasteiger partial charge on any atom is -0.508 e. The first kappa shape index (κ1) is 13.2. The number of amides is 1. The summed E-state index contributed by atoms with van der Waals surface area (Å²) < 4.78 is 0. The van der Waals surface area contributed by atoms with E-state index >= 15 is 0 Å². The molecule has 0 radical (unpaired) electrons. The molecule has 1 aromatic rings. The van der Waals surface area contributed by atoms with Crippen LogP contribution in [-0.4, -0.2) is 45.2 Å². The lowest BCUT2D eigenvalue weighted by Gasteiger charge is -2.16. The molecule has 0 bridgehead atoms. The Morgan fingerprint density at radius 3 is 2.21 bits per heavy atom. The van der Waals surface area contributed by atoms with Crippen LogP contribution in [0.25, 0.3) is 0 Å². The Bertz CT molecular complexity index is 508. The Morgan fingerprint density at radius 1 is 1.16 bits per heavy atom. The highest BCUT2D eigenvalue weighted by Crippen LogP contribution is 2.27. The topological polar surface area (TPSA) is 98.1 Å². The smallest absolute Gasteiger partial charge is 0.308 e. The van der Waals surface area contributed by atoms with Gasteiger partial charge in [0.25, 0.3) is 5.91 Å². The molecule has 2 unspecified atom stereocenters. The molecule has 1 aliphatic rings. The number of rotatable bonds is 2. The maximum absolute atomic E-state index is 12.2. The second kappa shape index (κ2) is 4.79. The van der Waals surface area contributed by atoms with E-state index in [0.29, 0.717) is 6.54 Å². The number of benzene rings is 1. The number of carbonyl (C=O) groups is 2. The number of nitrogens with zero attached hydrogens (tertiary/aromatic N) is 1. The maximum atomic E-state index is 12.2. The summed E-state index contributed by atoms with van der Waals surface area (Å²) >= 11 is 0. The molecular formula is C13H15NO5. The molecule has 19 heavy (non-hydrogen) atoms. The zero-order valence-electron chi connectivity index (χ0n) is 10.4. The fraction of sp³-hybridized carbons (Fsp3) is 0.385. The van der Waals surface area contributed by atoms with E-state index in [0.717, 1.165) is 6.07 Å². The monoisotopic (exact) mass is 265 g/mol. The molecular weight excluding hydrogens is 250 g/mol. The Morgan fingerprint density at radius 2 is 1.74 bits per heavy atom. The van der Waals surface area contributed by atoms with Crippen LogP contribution >= 0.6 is 0 Å². The number of hydrogen-bond donors (Lipinski definition) is 3. The van der Waals surface area contributed by atoms with Gasteiger partial charge in [0, 0.05) is 24.7 Å². The number of aromatic hydroxyl groups is 2. The normalized spacial score (nSPS) is 22.5. The van der Waals surface area contributed by atoms with Gasteiger partial charge < -0.3 is 20.2 Å². The molecule has 1 saturated heterocycles. The Labute approximate surface area is 109 Å². The third kappa shape index (κ3) is 2.62. The lowest BCUT2D eigenvalue weighted by atomic mass is 9.99. The fourth-order valence-corrected chi connectivity index (χ4v) is 2.36. The van der Waals surface area contributed by atoms with E-state index in [1.807, 2.05) is 0 Å². The molecule has 0 aliphatic carbocycles. The van der Waals surface area contributed by atoms with Crippen molar-refractivity contribution >= 4 is 11.9 Å². The van der Waals surface area contributed by atoms with E-state index in [1.165, 1.54) is 17.0 Å². The maximum Gasteiger partial charge on any atom is 0.308 e. The molecule has 0 spiro atoms. The summed E-state index contributed by atoms with van der Waals surface area (Å²) in [4.78, 5) is 24.6. The number of phenols is 2. The van der Waals surface area contributed by atoms with E-state index < -0.39 is 11.9 Å². The van der Waals surface area contributed by atoms with Gasteiger partial charge in [0.1, 0.15) is 11.5 Å². The predicted molar refractivity (Wildman–Crippen MR) is 66.0 cm³/mol. The van der Waals surface area contributed by atoms with Gasteiger partial charge in [0.2, 0.25) is 0 Å². The summed E-state index contributed by atoms with van der Waals surface area (Å²) in [5, 5.41) is 27.7. The summed E-state index contributed by atoms with van der Waals surface area (Å²) in [7, 11) is 0. The van der Waals surface area contributed by atoms with Crippen LogP contribution in [0.3, 0.4) is 0 Å². The minimum absolute atomic E-state index is 0.118. The number of carbonyl (C=O) groups excluding carboxylic acids is 1. The lowest BCUT2D eigenvalue weighted by Crippen LogP contribution is -2.29. The van der Waals surface area contributed by atoms with Crippen molar-refractivity contribution in [1.29, 1.82) is 0 Å². The molecule has 2 rings (SSSR count). The highest BCUT2D eigenvalue weighted by molar-refractivity contribution is 5.95. The predicted octanol–water partition coefficient (Wildman–Crippen LogP) is 0.890.